The Labute approximate surface area is 137 Å². The molecule has 0 bridgehead atoms. The highest BCUT2D eigenvalue weighted by Crippen LogP contribution is 2.30. The highest BCUT2D eigenvalue weighted by atomic mass is 35.5. The maximum atomic E-state index is 11.3. The van der Waals surface area contributed by atoms with Gasteiger partial charge in [0.2, 0.25) is 0 Å². The number of hydrogen-bond acceptors (Lipinski definition) is 9. The molecule has 1 heterocycles. The Balaban J connectivity index is 3.06. The zero-order chi connectivity index (χ0) is 17.6. The molecule has 23 heavy (non-hydrogen) atoms. The van der Waals surface area contributed by atoms with Gasteiger partial charge in [-0.1, -0.05) is 11.6 Å². The lowest BCUT2D eigenvalue weighted by Crippen LogP contribution is -2.60. The predicted octanol–water partition coefficient (Wildman–Crippen LogP) is -0.0818. The van der Waals surface area contributed by atoms with Gasteiger partial charge < -0.3 is 23.7 Å². The maximum absolute atomic E-state index is 11.3. The fourth-order valence-corrected chi connectivity index (χ4v) is 2.40. The van der Waals surface area contributed by atoms with E-state index in [9.17, 15) is 19.2 Å². The van der Waals surface area contributed by atoms with E-state index in [1.165, 1.54) is 6.92 Å². The van der Waals surface area contributed by atoms with Gasteiger partial charge in [0, 0.05) is 20.8 Å². The number of esters is 3. The molecule has 9 nitrogen and oxygen atoms in total. The maximum Gasteiger partial charge on any atom is 0.303 e. The lowest BCUT2D eigenvalue weighted by atomic mass is 9.99. The minimum absolute atomic E-state index is 0.108. The van der Waals surface area contributed by atoms with E-state index in [-0.39, 0.29) is 13.1 Å². The second-order valence-corrected chi connectivity index (χ2v) is 5.10. The number of rotatable bonds is 6. The van der Waals surface area contributed by atoms with Gasteiger partial charge in [-0.25, -0.2) is 0 Å². The average Bonchev–Trinajstić information content (AvgIpc) is 2.42. The van der Waals surface area contributed by atoms with E-state index in [4.69, 9.17) is 35.3 Å². The Bertz CT molecular complexity index is 466. The lowest BCUT2D eigenvalue weighted by Gasteiger charge is -2.42. The standard InChI is InChI=1S/C13H17ClO9/c1-6(16)19-4-9-10(21-7(2)17)11(22-8(3)18)12(20-5-15)13(14)23-9/h5,9-13H,4H2,1-3H3. The fraction of sp³-hybridized carbons (Fsp3) is 0.692. The SMILES string of the molecule is CC(=O)OCC1OC(Cl)C(OC=O)C(OC(C)=O)C1OC(C)=O. The van der Waals surface area contributed by atoms with Gasteiger partial charge in [-0.15, -0.1) is 0 Å². The molecule has 0 aromatic carbocycles. The van der Waals surface area contributed by atoms with Gasteiger partial charge in [-0.2, -0.15) is 0 Å². The van der Waals surface area contributed by atoms with Crippen molar-refractivity contribution in [2.24, 2.45) is 0 Å². The van der Waals surface area contributed by atoms with Crippen LogP contribution < -0.4 is 0 Å². The fourth-order valence-electron chi connectivity index (χ4n) is 2.07. The Morgan fingerprint density at radius 2 is 1.57 bits per heavy atom. The molecule has 0 aliphatic carbocycles. The summed E-state index contributed by atoms with van der Waals surface area (Å²) in [6.45, 7) is 3.27. The van der Waals surface area contributed by atoms with Crippen LogP contribution in [-0.2, 0) is 42.9 Å². The smallest absolute Gasteiger partial charge is 0.303 e. The largest absolute Gasteiger partial charge is 0.463 e. The first kappa shape index (κ1) is 19.2. The van der Waals surface area contributed by atoms with Crippen LogP contribution in [0, 0.1) is 0 Å². The normalized spacial score (nSPS) is 30.0. The predicted molar refractivity (Wildman–Crippen MR) is 73.2 cm³/mol. The molecular weight excluding hydrogens is 336 g/mol. The first-order valence-corrected chi connectivity index (χ1v) is 7.06. The van der Waals surface area contributed by atoms with Crippen molar-refractivity contribution in [1.82, 2.24) is 0 Å². The minimum Gasteiger partial charge on any atom is -0.463 e. The van der Waals surface area contributed by atoms with Gasteiger partial charge in [0.25, 0.3) is 6.47 Å². The number of halogens is 1. The van der Waals surface area contributed by atoms with Crippen LogP contribution in [0.15, 0.2) is 0 Å². The molecule has 5 unspecified atom stereocenters. The van der Waals surface area contributed by atoms with Crippen LogP contribution in [0.1, 0.15) is 20.8 Å². The minimum atomic E-state index is -1.21. The third-order valence-corrected chi connectivity index (χ3v) is 3.20. The average molecular weight is 353 g/mol. The van der Waals surface area contributed by atoms with Crippen LogP contribution in [-0.4, -0.2) is 61.0 Å². The second-order valence-electron chi connectivity index (χ2n) is 4.67. The molecule has 0 aromatic heterocycles. The summed E-state index contributed by atoms with van der Waals surface area (Å²) in [4.78, 5) is 44.2. The third kappa shape index (κ3) is 5.68. The Kier molecular flexibility index (Phi) is 7.24. The zero-order valence-corrected chi connectivity index (χ0v) is 13.5. The summed E-state index contributed by atoms with van der Waals surface area (Å²) in [6.07, 6.45) is -4.58. The molecule has 0 aromatic rings. The van der Waals surface area contributed by atoms with E-state index in [1.807, 2.05) is 0 Å². The number of carbonyl (C=O) groups excluding carboxylic acids is 4. The van der Waals surface area contributed by atoms with Crippen LogP contribution in [0.5, 0.6) is 0 Å². The summed E-state index contributed by atoms with van der Waals surface area (Å²) < 4.78 is 25.1. The molecule has 0 amide bonds. The molecule has 5 atom stereocenters. The van der Waals surface area contributed by atoms with Crippen molar-refractivity contribution in [1.29, 1.82) is 0 Å². The second kappa shape index (κ2) is 8.68. The molecule has 1 aliphatic rings. The Hall–Kier alpha value is -1.87. The van der Waals surface area contributed by atoms with Gasteiger partial charge in [0.1, 0.15) is 12.7 Å². The molecule has 0 radical (unpaired) electrons. The van der Waals surface area contributed by atoms with E-state index in [2.05, 4.69) is 0 Å². The third-order valence-electron chi connectivity index (χ3n) is 2.84. The lowest BCUT2D eigenvalue weighted by molar-refractivity contribution is -0.236. The topological polar surface area (TPSA) is 114 Å². The van der Waals surface area contributed by atoms with Crippen molar-refractivity contribution in [3.8, 4) is 0 Å². The van der Waals surface area contributed by atoms with Crippen molar-refractivity contribution in [2.45, 2.75) is 50.8 Å². The molecule has 1 aliphatic heterocycles. The van der Waals surface area contributed by atoms with E-state index < -0.39 is 47.9 Å². The monoisotopic (exact) mass is 352 g/mol. The van der Waals surface area contributed by atoms with Crippen molar-refractivity contribution < 1.29 is 42.9 Å². The highest BCUT2D eigenvalue weighted by Gasteiger charge is 2.51. The number of hydrogen-bond donors (Lipinski definition) is 0. The van der Waals surface area contributed by atoms with Crippen molar-refractivity contribution in [3.63, 3.8) is 0 Å². The van der Waals surface area contributed by atoms with Crippen LogP contribution in [0.4, 0.5) is 0 Å². The van der Waals surface area contributed by atoms with Gasteiger partial charge >= 0.3 is 17.9 Å². The summed E-state index contributed by atoms with van der Waals surface area (Å²) in [5.74, 6) is -1.98. The van der Waals surface area contributed by atoms with Crippen LogP contribution in [0.3, 0.4) is 0 Å². The van der Waals surface area contributed by atoms with E-state index in [0.717, 1.165) is 13.8 Å². The van der Waals surface area contributed by atoms with E-state index in [0.29, 0.717) is 0 Å². The van der Waals surface area contributed by atoms with Gasteiger partial charge in [0.15, 0.2) is 23.9 Å². The van der Waals surface area contributed by atoms with E-state index >= 15 is 0 Å². The zero-order valence-electron chi connectivity index (χ0n) is 12.7. The van der Waals surface area contributed by atoms with Crippen LogP contribution >= 0.6 is 11.6 Å². The summed E-state index contributed by atoms with van der Waals surface area (Å²) in [6, 6.07) is 0. The summed E-state index contributed by atoms with van der Waals surface area (Å²) in [5.41, 5.74) is -1.20. The molecular formula is C13H17ClO9. The van der Waals surface area contributed by atoms with Crippen molar-refractivity contribution in [2.75, 3.05) is 6.61 Å². The van der Waals surface area contributed by atoms with Crippen LogP contribution in [0.25, 0.3) is 0 Å². The Morgan fingerprint density at radius 3 is 2.04 bits per heavy atom. The first-order chi connectivity index (χ1) is 10.8. The van der Waals surface area contributed by atoms with Crippen LogP contribution in [0.2, 0.25) is 0 Å². The van der Waals surface area contributed by atoms with E-state index in [1.54, 1.807) is 0 Å². The molecule has 10 heteroatoms. The summed E-state index contributed by atoms with van der Waals surface area (Å²) >= 11 is 5.97. The highest BCUT2D eigenvalue weighted by molar-refractivity contribution is 6.20. The quantitative estimate of drug-likeness (QED) is 0.280. The van der Waals surface area contributed by atoms with Crippen molar-refractivity contribution >= 4 is 36.0 Å². The molecule has 0 spiro atoms. The summed E-state index contributed by atoms with van der Waals surface area (Å²) in [7, 11) is 0. The number of carbonyl (C=O) groups is 4. The number of ether oxygens (including phenoxy) is 5. The molecule has 1 rings (SSSR count). The molecule has 1 saturated heterocycles. The number of alkyl halides is 1. The van der Waals surface area contributed by atoms with Gasteiger partial charge in [-0.3, -0.25) is 19.2 Å². The molecule has 0 saturated carbocycles. The first-order valence-electron chi connectivity index (χ1n) is 6.62. The summed E-state index contributed by atoms with van der Waals surface area (Å²) in [5, 5.41) is 0. The molecule has 130 valence electrons. The molecule has 1 fully saturated rings. The van der Waals surface area contributed by atoms with Crippen molar-refractivity contribution in [3.05, 3.63) is 0 Å². The molecule has 0 N–H and O–H groups in total. The van der Waals surface area contributed by atoms with Gasteiger partial charge in [-0.05, 0) is 0 Å². The van der Waals surface area contributed by atoms with Gasteiger partial charge in [0.05, 0.1) is 0 Å². The Morgan fingerprint density at radius 1 is 1.00 bits per heavy atom.